The summed E-state index contributed by atoms with van der Waals surface area (Å²) in [6, 6.07) is 20.8. The molecule has 5 amide bonds. The number of anilines is 3. The summed E-state index contributed by atoms with van der Waals surface area (Å²) < 4.78 is 50.4. The number of thiazole rings is 1. The van der Waals surface area contributed by atoms with Crippen molar-refractivity contribution < 1.29 is 56.8 Å². The molecule has 0 radical (unpaired) electrons. The number of halogens is 2. The Kier molecular flexibility index (Phi) is 22.4. The van der Waals surface area contributed by atoms with Crippen molar-refractivity contribution in [2.75, 3.05) is 114 Å². The number of aryl methyl sites for hydroxylation is 1. The minimum atomic E-state index is -0.954. The molecule has 3 saturated heterocycles. The van der Waals surface area contributed by atoms with Crippen molar-refractivity contribution >= 4 is 69.0 Å². The highest BCUT2D eigenvalue weighted by Crippen LogP contribution is 2.32. The first-order valence-corrected chi connectivity index (χ1v) is 30.6. The van der Waals surface area contributed by atoms with E-state index in [1.807, 2.05) is 88.4 Å². The van der Waals surface area contributed by atoms with E-state index in [4.69, 9.17) is 18.9 Å². The van der Waals surface area contributed by atoms with Gasteiger partial charge in [-0.1, -0.05) is 51.1 Å². The smallest absolute Gasteiger partial charge is 0.258 e. The fourth-order valence-electron chi connectivity index (χ4n) is 10.9. The number of aliphatic hydroxyl groups is 1. The Morgan fingerprint density at radius 1 is 0.816 bits per heavy atom. The van der Waals surface area contributed by atoms with Crippen molar-refractivity contribution in [1.29, 1.82) is 0 Å². The number of carbonyl (C=O) groups is 5. The van der Waals surface area contributed by atoms with E-state index in [1.54, 1.807) is 16.8 Å². The van der Waals surface area contributed by atoms with Gasteiger partial charge in [-0.05, 0) is 96.3 Å². The van der Waals surface area contributed by atoms with E-state index in [0.717, 1.165) is 51.9 Å². The van der Waals surface area contributed by atoms with Gasteiger partial charge in [-0.25, -0.2) is 13.8 Å². The molecule has 0 saturated carbocycles. The standard InChI is InChI=1S/C63H79F2N11O10S/c1-40-57(87-39-68-40)44-8-5-41(6-9-44)36-67-61(81)54-35-49(77)37-76(54)62(82)58(63(2,3)4)70-55(78)15-23-84-25-27-86-28-26-85-24-16-66-56(79)38-74-17-19-75(20-18-74)48-10-11-50(53(34-48)69-47-13-21-83-22-14-47)60(80)71-59-51-32-42(7-12-52(51)72-73-59)29-43-30-45(64)33-46(65)31-43/h5-12,30-34,39,47,49,54,58,69,77H,13-29,35-38H2,1-4H3,(H,66,79)(H,67,81)(H,70,78)(H2,71,72,73,80)/t49-,54+,58-/m1/s1. The second kappa shape index (κ2) is 30.5. The van der Waals surface area contributed by atoms with Gasteiger partial charge in [0, 0.05) is 101 Å². The maximum Gasteiger partial charge on any atom is 0.258 e. The number of nitrogens with zero attached hydrogens (tertiary/aromatic N) is 5. The fourth-order valence-corrected chi connectivity index (χ4v) is 11.7. The molecule has 7 N–H and O–H groups in total. The van der Waals surface area contributed by atoms with Gasteiger partial charge in [0.05, 0.1) is 79.5 Å². The number of aliphatic hydroxyl groups excluding tert-OH is 1. The zero-order chi connectivity index (χ0) is 61.5. The van der Waals surface area contributed by atoms with Crippen LogP contribution in [-0.2, 0) is 51.1 Å². The van der Waals surface area contributed by atoms with Crippen LogP contribution in [0, 0.1) is 24.0 Å². The normalized spacial score (nSPS) is 17.1. The van der Waals surface area contributed by atoms with Crippen LogP contribution in [0.1, 0.15) is 79.2 Å². The van der Waals surface area contributed by atoms with E-state index in [1.165, 1.54) is 17.0 Å². The lowest BCUT2D eigenvalue weighted by molar-refractivity contribution is -0.144. The minimum absolute atomic E-state index is 0.00107. The predicted octanol–water partition coefficient (Wildman–Crippen LogP) is 6.19. The lowest BCUT2D eigenvalue weighted by atomic mass is 9.85. The zero-order valence-electron chi connectivity index (χ0n) is 49.8. The summed E-state index contributed by atoms with van der Waals surface area (Å²) in [5.74, 6) is -2.61. The molecule has 87 heavy (non-hydrogen) atoms. The zero-order valence-corrected chi connectivity index (χ0v) is 50.6. The first-order valence-electron chi connectivity index (χ1n) is 29.7. The molecule has 2 aromatic heterocycles. The first kappa shape index (κ1) is 64.0. The molecule has 3 aliphatic rings. The molecule has 3 fully saturated rings. The van der Waals surface area contributed by atoms with Crippen molar-refractivity contribution in [3.05, 3.63) is 124 Å². The Morgan fingerprint density at radius 3 is 2.22 bits per heavy atom. The number of hydrogen-bond donors (Lipinski definition) is 7. The molecule has 4 aromatic carbocycles. The molecule has 21 nitrogen and oxygen atoms in total. The number of aromatic amines is 1. The largest absolute Gasteiger partial charge is 0.391 e. The number of fused-ring (bicyclic) bond motifs is 1. The van der Waals surface area contributed by atoms with E-state index in [2.05, 4.69) is 51.6 Å². The van der Waals surface area contributed by atoms with E-state index < -0.39 is 41.1 Å². The van der Waals surface area contributed by atoms with E-state index in [0.29, 0.717) is 99.3 Å². The summed E-state index contributed by atoms with van der Waals surface area (Å²) in [7, 11) is 0. The average Bonchev–Trinajstić information content (AvgIpc) is 3.42. The monoisotopic (exact) mass is 1220 g/mol. The predicted molar refractivity (Wildman–Crippen MR) is 327 cm³/mol. The summed E-state index contributed by atoms with van der Waals surface area (Å²) in [5.41, 5.74) is 8.05. The second-order valence-electron chi connectivity index (χ2n) is 23.3. The van der Waals surface area contributed by atoms with E-state index in [9.17, 15) is 37.9 Å². The lowest BCUT2D eigenvalue weighted by Crippen LogP contribution is -2.57. The van der Waals surface area contributed by atoms with Crippen LogP contribution in [-0.4, -0.2) is 183 Å². The molecule has 9 rings (SSSR count). The van der Waals surface area contributed by atoms with Gasteiger partial charge in [-0.3, -0.25) is 34.0 Å². The summed E-state index contributed by atoms with van der Waals surface area (Å²) in [6.45, 7) is 13.7. The molecular weight excluding hydrogens is 1140 g/mol. The van der Waals surface area contributed by atoms with Crippen LogP contribution in [0.4, 0.5) is 26.0 Å². The number of ether oxygens (including phenoxy) is 4. The van der Waals surface area contributed by atoms with E-state index in [-0.39, 0.29) is 88.4 Å². The number of amides is 5. The number of nitrogens with one attached hydrogen (secondary N) is 6. The minimum Gasteiger partial charge on any atom is -0.391 e. The molecule has 466 valence electrons. The molecule has 6 aromatic rings. The number of likely N-dealkylation sites (tertiary alicyclic amines) is 1. The van der Waals surface area contributed by atoms with Crippen LogP contribution in [0.3, 0.4) is 0 Å². The maximum atomic E-state index is 14.0. The number of rotatable bonds is 27. The van der Waals surface area contributed by atoms with Crippen molar-refractivity contribution in [2.45, 2.75) is 90.6 Å². The third-order valence-electron chi connectivity index (χ3n) is 15.6. The van der Waals surface area contributed by atoms with Crippen LogP contribution in [0.2, 0.25) is 0 Å². The molecule has 3 atom stereocenters. The molecule has 3 aliphatic heterocycles. The summed E-state index contributed by atoms with van der Waals surface area (Å²) in [4.78, 5) is 78.7. The van der Waals surface area contributed by atoms with Crippen molar-refractivity contribution in [3.63, 3.8) is 0 Å². The highest BCUT2D eigenvalue weighted by molar-refractivity contribution is 7.13. The van der Waals surface area contributed by atoms with Gasteiger partial charge in [0.1, 0.15) is 23.7 Å². The third-order valence-corrected chi connectivity index (χ3v) is 16.6. The molecule has 0 spiro atoms. The Bertz CT molecular complexity index is 3290. The van der Waals surface area contributed by atoms with Crippen LogP contribution < -0.4 is 31.5 Å². The molecule has 24 heteroatoms. The van der Waals surface area contributed by atoms with Crippen LogP contribution >= 0.6 is 11.3 Å². The lowest BCUT2D eigenvalue weighted by Gasteiger charge is -2.36. The highest BCUT2D eigenvalue weighted by atomic mass is 32.1. The number of carbonyl (C=O) groups excluding carboxylic acids is 5. The number of benzene rings is 4. The van der Waals surface area contributed by atoms with Crippen molar-refractivity contribution in [2.24, 2.45) is 5.41 Å². The summed E-state index contributed by atoms with van der Waals surface area (Å²) in [5, 5.41) is 33.9. The second-order valence-corrected chi connectivity index (χ2v) is 24.1. The van der Waals surface area contributed by atoms with Gasteiger partial charge < -0.3 is 60.4 Å². The molecule has 0 bridgehead atoms. The van der Waals surface area contributed by atoms with Gasteiger partial charge in [-0.2, -0.15) is 5.10 Å². The average molecular weight is 1220 g/mol. The molecule has 0 aliphatic carbocycles. The Labute approximate surface area is 509 Å². The Morgan fingerprint density at radius 2 is 1.52 bits per heavy atom. The summed E-state index contributed by atoms with van der Waals surface area (Å²) >= 11 is 1.57. The van der Waals surface area contributed by atoms with Gasteiger partial charge in [-0.15, -0.1) is 11.3 Å². The number of aromatic nitrogens is 3. The van der Waals surface area contributed by atoms with Crippen LogP contribution in [0.5, 0.6) is 0 Å². The number of H-pyrrole nitrogens is 1. The first-order chi connectivity index (χ1) is 41.9. The number of β-amino-alcohol motifs (C(OH)–C–C–N with tert-alkyl or cyclic N) is 1. The maximum absolute atomic E-state index is 14.0. The topological polar surface area (TPSA) is 254 Å². The molecule has 5 heterocycles. The van der Waals surface area contributed by atoms with Crippen LogP contribution in [0.15, 0.2) is 84.4 Å². The third kappa shape index (κ3) is 18.1. The molecule has 0 unspecified atom stereocenters. The van der Waals surface area contributed by atoms with Crippen molar-refractivity contribution in [1.82, 2.24) is 40.9 Å². The number of piperazine rings is 1. The van der Waals surface area contributed by atoms with E-state index >= 15 is 0 Å². The summed E-state index contributed by atoms with van der Waals surface area (Å²) in [6.07, 6.45) is 1.08. The Hall–Kier alpha value is -7.45. The van der Waals surface area contributed by atoms with Gasteiger partial charge in [0.25, 0.3) is 5.91 Å². The fraction of sp³-hybridized carbons (Fsp3) is 0.476. The van der Waals surface area contributed by atoms with Crippen LogP contribution in [0.25, 0.3) is 21.3 Å². The van der Waals surface area contributed by atoms with Gasteiger partial charge >= 0.3 is 0 Å². The van der Waals surface area contributed by atoms with Gasteiger partial charge in [0.2, 0.25) is 23.6 Å². The molecular formula is C63H79F2N11O10S. The quantitative estimate of drug-likeness (QED) is 0.0284. The SMILES string of the molecule is Cc1ncsc1-c1ccc(CNC(=O)[C@@H]2C[C@@H](O)CN2C(=O)[C@@H](NC(=O)CCOCCOCCOCCNC(=O)CN2CCN(c3ccc(C(=O)Nc4n[nH]c5ccc(Cc6cc(F)cc(F)c6)cc45)c(NC4CCOCC4)c3)CC2)C(C)(C)C)cc1. The highest BCUT2D eigenvalue weighted by Gasteiger charge is 2.44. The number of hydrogen-bond acceptors (Lipinski definition) is 16. The van der Waals surface area contributed by atoms with Gasteiger partial charge in [0.15, 0.2) is 5.82 Å². The Balaban J connectivity index is 0.633. The van der Waals surface area contributed by atoms with Crippen molar-refractivity contribution in [3.8, 4) is 10.4 Å².